The maximum atomic E-state index is 13.1. The van der Waals surface area contributed by atoms with Crippen LogP contribution in [-0.4, -0.2) is 63.3 Å². The van der Waals surface area contributed by atoms with Gasteiger partial charge in [-0.1, -0.05) is 29.8 Å². The predicted octanol–water partition coefficient (Wildman–Crippen LogP) is 1.80. The van der Waals surface area contributed by atoms with Crippen LogP contribution in [0.2, 0.25) is 5.02 Å². The topological polar surface area (TPSA) is 53.6 Å². The monoisotopic (exact) mass is 365 g/mol. The van der Waals surface area contributed by atoms with Crippen LogP contribution < -0.4 is 10.6 Å². The molecule has 2 fully saturated rings. The summed E-state index contributed by atoms with van der Waals surface area (Å²) in [6, 6.07) is 7.71. The minimum atomic E-state index is -0.564. The average molecular weight is 366 g/mol. The molecule has 2 aliphatic heterocycles. The molecule has 0 atom stereocenters. The van der Waals surface area contributed by atoms with Crippen molar-refractivity contribution in [3.05, 3.63) is 34.9 Å². The Hall–Kier alpha value is -1.14. The van der Waals surface area contributed by atoms with Gasteiger partial charge in [-0.25, -0.2) is 0 Å². The molecule has 1 amide bonds. The lowest BCUT2D eigenvalue weighted by atomic mass is 9.73. The van der Waals surface area contributed by atoms with Crippen molar-refractivity contribution < 1.29 is 9.53 Å². The Morgan fingerprint density at radius 1 is 1.24 bits per heavy atom. The van der Waals surface area contributed by atoms with Crippen LogP contribution in [0, 0.1) is 0 Å². The van der Waals surface area contributed by atoms with Crippen molar-refractivity contribution in [3.8, 4) is 0 Å². The second-order valence-corrected chi connectivity index (χ2v) is 7.28. The molecule has 0 saturated carbocycles. The zero-order chi connectivity index (χ0) is 17.5. The largest absolute Gasteiger partial charge is 0.381 e. The molecule has 0 spiro atoms. The van der Waals surface area contributed by atoms with E-state index in [1.807, 2.05) is 24.3 Å². The fourth-order valence-electron chi connectivity index (χ4n) is 3.80. The fraction of sp³-hybridized carbons (Fsp3) is 0.632. The van der Waals surface area contributed by atoms with Crippen molar-refractivity contribution in [1.82, 2.24) is 15.5 Å². The lowest BCUT2D eigenvalue weighted by Crippen LogP contribution is -2.49. The summed E-state index contributed by atoms with van der Waals surface area (Å²) in [5.41, 5.74) is 0.366. The number of hydrogen-bond acceptors (Lipinski definition) is 4. The summed E-state index contributed by atoms with van der Waals surface area (Å²) in [5.74, 6) is 0.0872. The van der Waals surface area contributed by atoms with Gasteiger partial charge in [0.15, 0.2) is 0 Å². The molecule has 0 radical (unpaired) electrons. The van der Waals surface area contributed by atoms with E-state index in [9.17, 15) is 4.79 Å². The molecule has 138 valence electrons. The quantitative estimate of drug-likeness (QED) is 0.755. The normalized spacial score (nSPS) is 21.0. The van der Waals surface area contributed by atoms with Crippen molar-refractivity contribution in [1.29, 1.82) is 0 Å². The first-order chi connectivity index (χ1) is 12.2. The van der Waals surface area contributed by atoms with E-state index in [1.165, 1.54) is 0 Å². The minimum Gasteiger partial charge on any atom is -0.381 e. The van der Waals surface area contributed by atoms with Gasteiger partial charge in [0.1, 0.15) is 0 Å². The number of rotatable bonds is 6. The summed E-state index contributed by atoms with van der Waals surface area (Å²) < 4.78 is 5.51. The van der Waals surface area contributed by atoms with Crippen LogP contribution in [0.1, 0.15) is 24.8 Å². The van der Waals surface area contributed by atoms with Crippen LogP contribution >= 0.6 is 11.6 Å². The highest BCUT2D eigenvalue weighted by atomic mass is 35.5. The van der Waals surface area contributed by atoms with Gasteiger partial charge in [0.25, 0.3) is 0 Å². The third-order valence-corrected chi connectivity index (χ3v) is 5.65. The van der Waals surface area contributed by atoms with Crippen LogP contribution in [0.4, 0.5) is 0 Å². The second kappa shape index (κ2) is 8.99. The standard InChI is InChI=1S/C19H28ClN3O2/c20-17-5-2-1-4-16(17)19(6-14-25-15-7-19)18(24)22-8-3-11-23-12-9-21-10-13-23/h1-2,4-5,21H,3,6-15H2,(H,22,24). The maximum absolute atomic E-state index is 13.1. The third-order valence-electron chi connectivity index (χ3n) is 5.32. The summed E-state index contributed by atoms with van der Waals surface area (Å²) in [5, 5.41) is 7.19. The van der Waals surface area contributed by atoms with Crippen LogP contribution in [0.15, 0.2) is 24.3 Å². The van der Waals surface area contributed by atoms with Crippen LogP contribution in [0.25, 0.3) is 0 Å². The molecule has 2 aliphatic rings. The zero-order valence-electron chi connectivity index (χ0n) is 14.7. The summed E-state index contributed by atoms with van der Waals surface area (Å²) in [4.78, 5) is 15.5. The first-order valence-electron chi connectivity index (χ1n) is 9.26. The van der Waals surface area contributed by atoms with E-state index in [0.717, 1.165) is 44.7 Å². The number of amides is 1. The molecule has 1 aromatic rings. The highest BCUT2D eigenvalue weighted by Crippen LogP contribution is 2.38. The van der Waals surface area contributed by atoms with Gasteiger partial charge >= 0.3 is 0 Å². The van der Waals surface area contributed by atoms with Gasteiger partial charge in [0.05, 0.1) is 5.41 Å². The Labute approximate surface area is 155 Å². The van der Waals surface area contributed by atoms with E-state index in [0.29, 0.717) is 37.6 Å². The first-order valence-corrected chi connectivity index (χ1v) is 9.64. The van der Waals surface area contributed by atoms with Crippen molar-refractivity contribution in [3.63, 3.8) is 0 Å². The van der Waals surface area contributed by atoms with Gasteiger partial charge < -0.3 is 20.3 Å². The number of carbonyl (C=O) groups is 1. The fourth-order valence-corrected chi connectivity index (χ4v) is 4.11. The first kappa shape index (κ1) is 18.6. The Morgan fingerprint density at radius 2 is 1.96 bits per heavy atom. The number of nitrogens with one attached hydrogen (secondary N) is 2. The Morgan fingerprint density at radius 3 is 2.68 bits per heavy atom. The minimum absolute atomic E-state index is 0.0872. The number of hydrogen-bond donors (Lipinski definition) is 2. The molecule has 0 bridgehead atoms. The third kappa shape index (κ3) is 4.53. The molecular weight excluding hydrogens is 338 g/mol. The maximum Gasteiger partial charge on any atom is 0.230 e. The lowest BCUT2D eigenvalue weighted by Gasteiger charge is -2.37. The van der Waals surface area contributed by atoms with Gasteiger partial charge in [0.2, 0.25) is 5.91 Å². The molecule has 3 rings (SSSR count). The van der Waals surface area contributed by atoms with Crippen LogP contribution in [0.5, 0.6) is 0 Å². The predicted molar refractivity (Wildman–Crippen MR) is 100 cm³/mol. The zero-order valence-corrected chi connectivity index (χ0v) is 15.5. The highest BCUT2D eigenvalue weighted by molar-refractivity contribution is 6.31. The smallest absolute Gasteiger partial charge is 0.230 e. The lowest BCUT2D eigenvalue weighted by molar-refractivity contribution is -0.130. The van der Waals surface area contributed by atoms with E-state index in [1.54, 1.807) is 0 Å². The average Bonchev–Trinajstić information content (AvgIpc) is 2.67. The summed E-state index contributed by atoms with van der Waals surface area (Å²) >= 11 is 6.42. The number of ether oxygens (including phenoxy) is 1. The molecule has 2 saturated heterocycles. The van der Waals surface area contributed by atoms with Gasteiger partial charge in [-0.2, -0.15) is 0 Å². The molecule has 0 aliphatic carbocycles. The van der Waals surface area contributed by atoms with Gasteiger partial charge in [-0.3, -0.25) is 4.79 Å². The van der Waals surface area contributed by atoms with E-state index in [4.69, 9.17) is 16.3 Å². The highest BCUT2D eigenvalue weighted by Gasteiger charge is 2.42. The van der Waals surface area contributed by atoms with E-state index < -0.39 is 5.41 Å². The molecule has 2 N–H and O–H groups in total. The molecular formula is C19H28ClN3O2. The van der Waals surface area contributed by atoms with E-state index in [2.05, 4.69) is 15.5 Å². The molecule has 25 heavy (non-hydrogen) atoms. The number of benzene rings is 1. The Balaban J connectivity index is 1.59. The van der Waals surface area contributed by atoms with E-state index in [-0.39, 0.29) is 5.91 Å². The van der Waals surface area contributed by atoms with Gasteiger partial charge in [-0.15, -0.1) is 0 Å². The van der Waals surface area contributed by atoms with Gasteiger partial charge in [0, 0.05) is 51.0 Å². The van der Waals surface area contributed by atoms with Gasteiger partial charge in [-0.05, 0) is 37.4 Å². The number of halogens is 1. The Kier molecular flexibility index (Phi) is 6.70. The molecule has 0 aromatic heterocycles. The van der Waals surface area contributed by atoms with Crippen LogP contribution in [-0.2, 0) is 14.9 Å². The number of carbonyl (C=O) groups excluding carboxylic acids is 1. The van der Waals surface area contributed by atoms with Crippen molar-refractivity contribution in [2.75, 3.05) is 52.5 Å². The van der Waals surface area contributed by atoms with Crippen molar-refractivity contribution in [2.45, 2.75) is 24.7 Å². The number of nitrogens with zero attached hydrogens (tertiary/aromatic N) is 1. The summed E-state index contributed by atoms with van der Waals surface area (Å²) in [7, 11) is 0. The number of piperazine rings is 1. The molecule has 6 heteroatoms. The van der Waals surface area contributed by atoms with Crippen molar-refractivity contribution >= 4 is 17.5 Å². The molecule has 0 unspecified atom stereocenters. The Bertz CT molecular complexity index is 570. The van der Waals surface area contributed by atoms with E-state index >= 15 is 0 Å². The van der Waals surface area contributed by atoms with Crippen molar-refractivity contribution in [2.24, 2.45) is 0 Å². The SMILES string of the molecule is O=C(NCCCN1CCNCC1)C1(c2ccccc2Cl)CCOCC1. The summed E-state index contributed by atoms with van der Waals surface area (Å²) in [6.07, 6.45) is 2.33. The molecule has 5 nitrogen and oxygen atoms in total. The summed E-state index contributed by atoms with van der Waals surface area (Å²) in [6.45, 7) is 7.23. The molecule has 2 heterocycles. The second-order valence-electron chi connectivity index (χ2n) is 6.88. The van der Waals surface area contributed by atoms with Crippen LogP contribution in [0.3, 0.4) is 0 Å². The molecule has 1 aromatic carbocycles.